The van der Waals surface area contributed by atoms with Gasteiger partial charge in [-0.2, -0.15) is 0 Å². The van der Waals surface area contributed by atoms with Gasteiger partial charge in [0.15, 0.2) is 0 Å². The molecule has 0 aliphatic carbocycles. The van der Waals surface area contributed by atoms with E-state index < -0.39 is 17.7 Å². The molecular formula is C16H17N3O4. The summed E-state index contributed by atoms with van der Waals surface area (Å²) >= 11 is 0. The fourth-order valence-corrected chi connectivity index (χ4v) is 2.14. The summed E-state index contributed by atoms with van der Waals surface area (Å²) in [6.07, 6.45) is 1.46. The van der Waals surface area contributed by atoms with Crippen molar-refractivity contribution in [2.45, 2.75) is 0 Å². The fraction of sp³-hybridized carbons (Fsp3) is 0.250. The van der Waals surface area contributed by atoms with Crippen LogP contribution in [-0.4, -0.2) is 60.6 Å². The van der Waals surface area contributed by atoms with Gasteiger partial charge in [0, 0.05) is 26.2 Å². The zero-order valence-electron chi connectivity index (χ0n) is 13.0. The minimum Gasteiger partial charge on any atom is -0.347 e. The number of fused-ring (bicyclic) bond motifs is 1. The predicted molar refractivity (Wildman–Crippen MR) is 83.0 cm³/mol. The van der Waals surface area contributed by atoms with Crippen molar-refractivity contribution in [2.24, 2.45) is 0 Å². The maximum atomic E-state index is 12.2. The number of nitrogens with one attached hydrogen (secondary N) is 1. The van der Waals surface area contributed by atoms with Crippen LogP contribution in [0.15, 0.2) is 30.9 Å². The third-order valence-electron chi connectivity index (χ3n) is 3.44. The van der Waals surface area contributed by atoms with Gasteiger partial charge in [-0.1, -0.05) is 6.08 Å². The van der Waals surface area contributed by atoms with Crippen LogP contribution in [0.5, 0.6) is 0 Å². The van der Waals surface area contributed by atoms with E-state index in [2.05, 4.69) is 11.9 Å². The van der Waals surface area contributed by atoms with E-state index in [0.29, 0.717) is 0 Å². The van der Waals surface area contributed by atoms with Crippen molar-refractivity contribution in [3.8, 4) is 0 Å². The summed E-state index contributed by atoms with van der Waals surface area (Å²) in [5.41, 5.74) is 0.665. The second kappa shape index (κ2) is 6.43. The smallest absolute Gasteiger partial charge is 0.261 e. The molecule has 4 amide bonds. The lowest BCUT2D eigenvalue weighted by Crippen LogP contribution is -2.36. The summed E-state index contributed by atoms with van der Waals surface area (Å²) < 4.78 is 0. The van der Waals surface area contributed by atoms with Gasteiger partial charge in [0.25, 0.3) is 17.7 Å². The Balaban J connectivity index is 2.18. The van der Waals surface area contributed by atoms with Crippen LogP contribution in [0.2, 0.25) is 0 Å². The molecule has 0 unspecified atom stereocenters. The van der Waals surface area contributed by atoms with Crippen molar-refractivity contribution >= 4 is 23.6 Å². The summed E-state index contributed by atoms with van der Waals surface area (Å²) in [4.78, 5) is 50.2. The molecule has 7 heteroatoms. The number of imide groups is 1. The number of carbonyl (C=O) groups excluding carboxylic acids is 4. The first kappa shape index (κ1) is 16.4. The molecule has 0 bridgehead atoms. The number of rotatable bonds is 5. The highest BCUT2D eigenvalue weighted by molar-refractivity contribution is 6.22. The van der Waals surface area contributed by atoms with E-state index in [1.165, 1.54) is 29.2 Å². The molecule has 1 aliphatic rings. The maximum absolute atomic E-state index is 12.2. The fourth-order valence-electron chi connectivity index (χ4n) is 2.14. The van der Waals surface area contributed by atoms with Gasteiger partial charge in [0.2, 0.25) is 5.91 Å². The second-order valence-electron chi connectivity index (χ2n) is 5.24. The molecule has 0 aromatic heterocycles. The molecule has 1 N–H and O–H groups in total. The molecule has 1 heterocycles. The van der Waals surface area contributed by atoms with Gasteiger partial charge in [-0.05, 0) is 18.2 Å². The molecule has 1 aromatic carbocycles. The zero-order valence-corrected chi connectivity index (χ0v) is 13.0. The second-order valence-corrected chi connectivity index (χ2v) is 5.24. The first-order chi connectivity index (χ1) is 10.9. The van der Waals surface area contributed by atoms with E-state index in [4.69, 9.17) is 0 Å². The normalized spacial score (nSPS) is 12.9. The highest BCUT2D eigenvalue weighted by atomic mass is 16.2. The third-order valence-corrected chi connectivity index (χ3v) is 3.44. The summed E-state index contributed by atoms with van der Waals surface area (Å²) in [6, 6.07) is 4.27. The van der Waals surface area contributed by atoms with Crippen LogP contribution in [-0.2, 0) is 4.79 Å². The minimum atomic E-state index is -0.481. The van der Waals surface area contributed by atoms with Crippen molar-refractivity contribution < 1.29 is 19.2 Å². The van der Waals surface area contributed by atoms with Crippen LogP contribution in [0, 0.1) is 0 Å². The van der Waals surface area contributed by atoms with Crippen LogP contribution in [0.25, 0.3) is 0 Å². The standard InChI is InChI=1S/C16H17N3O4/c1-4-7-19-15(22)11-6-5-10(8-12(11)16(19)23)14(21)17-9-13(20)18(2)3/h4-6,8H,1,7,9H2,2-3H3,(H,17,21). The summed E-state index contributed by atoms with van der Waals surface area (Å²) in [7, 11) is 3.17. The Bertz CT molecular complexity index is 709. The Morgan fingerprint density at radius 2 is 1.87 bits per heavy atom. The average Bonchev–Trinajstić information content (AvgIpc) is 2.77. The summed E-state index contributed by atoms with van der Waals surface area (Å²) in [5.74, 6) is -1.59. The average molecular weight is 315 g/mol. The lowest BCUT2D eigenvalue weighted by molar-refractivity contribution is -0.127. The lowest BCUT2D eigenvalue weighted by Gasteiger charge is -2.11. The van der Waals surface area contributed by atoms with Gasteiger partial charge in [0.05, 0.1) is 17.7 Å². The SMILES string of the molecule is C=CCN1C(=O)c2ccc(C(=O)NCC(=O)N(C)C)cc2C1=O. The Labute approximate surface area is 133 Å². The van der Waals surface area contributed by atoms with Crippen LogP contribution in [0.4, 0.5) is 0 Å². The van der Waals surface area contributed by atoms with E-state index in [1.54, 1.807) is 14.1 Å². The van der Waals surface area contributed by atoms with Gasteiger partial charge in [0.1, 0.15) is 0 Å². The zero-order chi connectivity index (χ0) is 17.1. The minimum absolute atomic E-state index is 0.116. The van der Waals surface area contributed by atoms with Crippen molar-refractivity contribution in [2.75, 3.05) is 27.2 Å². The number of carbonyl (C=O) groups is 4. The number of likely N-dealkylation sites (N-methyl/N-ethyl adjacent to an activating group) is 1. The molecule has 7 nitrogen and oxygen atoms in total. The first-order valence-corrected chi connectivity index (χ1v) is 6.96. The van der Waals surface area contributed by atoms with Crippen LogP contribution in [0.1, 0.15) is 31.1 Å². The Morgan fingerprint density at radius 3 is 2.48 bits per heavy atom. The van der Waals surface area contributed by atoms with Crippen molar-refractivity contribution in [1.29, 1.82) is 0 Å². The third kappa shape index (κ3) is 3.13. The predicted octanol–water partition coefficient (Wildman–Crippen LogP) is 0.287. The molecule has 0 fully saturated rings. The van der Waals surface area contributed by atoms with Gasteiger partial charge >= 0.3 is 0 Å². The van der Waals surface area contributed by atoms with Crippen molar-refractivity contribution in [1.82, 2.24) is 15.1 Å². The van der Waals surface area contributed by atoms with Crippen LogP contribution < -0.4 is 5.32 Å². The number of hydrogen-bond acceptors (Lipinski definition) is 4. The molecule has 2 rings (SSSR count). The number of nitrogens with zero attached hydrogens (tertiary/aromatic N) is 2. The molecule has 0 saturated carbocycles. The number of benzene rings is 1. The van der Waals surface area contributed by atoms with Gasteiger partial charge in [-0.3, -0.25) is 24.1 Å². The topological polar surface area (TPSA) is 86.8 Å². The summed E-state index contributed by atoms with van der Waals surface area (Å²) in [5, 5.41) is 2.48. The Hall–Kier alpha value is -2.96. The molecule has 120 valence electrons. The molecule has 0 saturated heterocycles. The van der Waals surface area contributed by atoms with Gasteiger partial charge in [-0.15, -0.1) is 6.58 Å². The van der Waals surface area contributed by atoms with E-state index in [1.807, 2.05) is 0 Å². The number of hydrogen-bond donors (Lipinski definition) is 1. The van der Waals surface area contributed by atoms with Crippen molar-refractivity contribution in [3.63, 3.8) is 0 Å². The maximum Gasteiger partial charge on any atom is 0.261 e. The lowest BCUT2D eigenvalue weighted by atomic mass is 10.1. The van der Waals surface area contributed by atoms with E-state index in [0.717, 1.165) is 4.90 Å². The molecule has 0 radical (unpaired) electrons. The van der Waals surface area contributed by atoms with E-state index in [9.17, 15) is 19.2 Å². The molecular weight excluding hydrogens is 298 g/mol. The monoisotopic (exact) mass is 315 g/mol. The van der Waals surface area contributed by atoms with E-state index in [-0.39, 0.29) is 35.7 Å². The molecule has 1 aromatic rings. The van der Waals surface area contributed by atoms with Crippen molar-refractivity contribution in [3.05, 3.63) is 47.5 Å². The largest absolute Gasteiger partial charge is 0.347 e. The van der Waals surface area contributed by atoms with E-state index >= 15 is 0 Å². The highest BCUT2D eigenvalue weighted by Gasteiger charge is 2.35. The summed E-state index contributed by atoms with van der Waals surface area (Å²) in [6.45, 7) is 3.49. The molecule has 23 heavy (non-hydrogen) atoms. The van der Waals surface area contributed by atoms with Crippen LogP contribution in [0.3, 0.4) is 0 Å². The molecule has 0 spiro atoms. The first-order valence-electron chi connectivity index (χ1n) is 6.96. The Kier molecular flexibility index (Phi) is 4.59. The molecule has 1 aliphatic heterocycles. The quantitative estimate of drug-likeness (QED) is 0.625. The van der Waals surface area contributed by atoms with Crippen LogP contribution >= 0.6 is 0 Å². The Morgan fingerprint density at radius 1 is 1.22 bits per heavy atom. The molecule has 0 atom stereocenters. The van der Waals surface area contributed by atoms with Gasteiger partial charge in [-0.25, -0.2) is 0 Å². The number of amides is 4. The van der Waals surface area contributed by atoms with Gasteiger partial charge < -0.3 is 10.2 Å². The highest BCUT2D eigenvalue weighted by Crippen LogP contribution is 2.23.